The lowest BCUT2D eigenvalue weighted by molar-refractivity contribution is -0.144. The fraction of sp³-hybridized carbons (Fsp3) is 0.429. The molecule has 4 amide bonds. The minimum atomic E-state index is -1.68. The molecule has 4 unspecified atom stereocenters. The largest absolute Gasteiger partial charge is 0.481 e. The molecule has 0 saturated carbocycles. The molecule has 0 saturated heterocycles. The maximum absolute atomic E-state index is 13.0. The molecule has 1 aromatic rings. The Morgan fingerprint density at radius 3 is 1.89 bits per heavy atom. The Kier molecular flexibility index (Phi) is 11.8. The number of carbonyl (C=O) groups excluding carboxylic acids is 4. The van der Waals surface area contributed by atoms with Gasteiger partial charge in [0.05, 0.1) is 19.1 Å². The number of amides is 4. The van der Waals surface area contributed by atoms with Crippen molar-refractivity contribution in [2.45, 2.75) is 49.9 Å². The molecule has 10 N–H and O–H groups in total. The Balaban J connectivity index is 3.10. The van der Waals surface area contributed by atoms with Crippen molar-refractivity contribution in [1.82, 2.24) is 16.0 Å². The third-order valence-electron chi connectivity index (χ3n) is 4.75. The summed E-state index contributed by atoms with van der Waals surface area (Å²) in [6, 6.07) is 2.63. The van der Waals surface area contributed by atoms with Gasteiger partial charge in [-0.25, -0.2) is 4.79 Å². The smallest absolute Gasteiger partial charge is 0.328 e. The zero-order valence-electron chi connectivity index (χ0n) is 18.7. The second-order valence-electron chi connectivity index (χ2n) is 7.60. The molecule has 0 aliphatic heterocycles. The number of hydrogen-bond donors (Lipinski definition) is 8. The van der Waals surface area contributed by atoms with Gasteiger partial charge in [-0.2, -0.15) is 0 Å². The van der Waals surface area contributed by atoms with Crippen molar-refractivity contribution in [1.29, 1.82) is 0 Å². The molecule has 0 radical (unpaired) electrons. The first-order valence-electron chi connectivity index (χ1n) is 10.5. The number of aliphatic hydroxyl groups excluding tert-OH is 1. The fourth-order valence-corrected chi connectivity index (χ4v) is 2.91. The maximum Gasteiger partial charge on any atom is 0.328 e. The number of carboxylic acids is 2. The van der Waals surface area contributed by atoms with Gasteiger partial charge in [0, 0.05) is 12.8 Å². The van der Waals surface area contributed by atoms with Gasteiger partial charge in [-0.05, 0) is 12.0 Å². The lowest BCUT2D eigenvalue weighted by Crippen LogP contribution is -2.58. The topological polar surface area (TPSA) is 251 Å². The van der Waals surface area contributed by atoms with Crippen molar-refractivity contribution >= 4 is 35.6 Å². The Bertz CT molecular complexity index is 925. The van der Waals surface area contributed by atoms with Crippen LogP contribution in [0.1, 0.15) is 24.8 Å². The van der Waals surface area contributed by atoms with Gasteiger partial charge in [0.15, 0.2) is 0 Å². The van der Waals surface area contributed by atoms with Crippen LogP contribution in [0.4, 0.5) is 0 Å². The van der Waals surface area contributed by atoms with E-state index in [2.05, 4.69) is 10.6 Å². The van der Waals surface area contributed by atoms with Gasteiger partial charge in [0.1, 0.15) is 18.1 Å². The van der Waals surface area contributed by atoms with Gasteiger partial charge in [-0.15, -0.1) is 0 Å². The number of nitrogens with two attached hydrogens (primary N) is 2. The van der Waals surface area contributed by atoms with Crippen LogP contribution in [0.15, 0.2) is 30.3 Å². The maximum atomic E-state index is 13.0. The van der Waals surface area contributed by atoms with Crippen LogP contribution < -0.4 is 27.4 Å². The first-order valence-corrected chi connectivity index (χ1v) is 10.5. The van der Waals surface area contributed by atoms with Crippen LogP contribution in [0.25, 0.3) is 0 Å². The summed E-state index contributed by atoms with van der Waals surface area (Å²) in [7, 11) is 0. The van der Waals surface area contributed by atoms with E-state index >= 15 is 0 Å². The van der Waals surface area contributed by atoms with Crippen molar-refractivity contribution in [3.8, 4) is 0 Å². The highest BCUT2D eigenvalue weighted by molar-refractivity contribution is 5.95. The molecule has 0 bridgehead atoms. The predicted octanol–water partition coefficient (Wildman–Crippen LogP) is -3.17. The molecule has 4 atom stereocenters. The number of carbonyl (C=O) groups is 6. The molecule has 0 heterocycles. The average molecular weight is 495 g/mol. The van der Waals surface area contributed by atoms with Crippen molar-refractivity contribution in [2.24, 2.45) is 11.5 Å². The first-order chi connectivity index (χ1) is 16.4. The number of benzene rings is 1. The molecule has 14 nitrogen and oxygen atoms in total. The third-order valence-corrected chi connectivity index (χ3v) is 4.75. The number of nitrogens with one attached hydrogen (secondary N) is 3. The molecule has 1 rings (SSSR count). The van der Waals surface area contributed by atoms with Crippen LogP contribution >= 0.6 is 0 Å². The monoisotopic (exact) mass is 495 g/mol. The van der Waals surface area contributed by atoms with Crippen LogP contribution in [-0.2, 0) is 35.2 Å². The molecule has 0 spiro atoms. The zero-order valence-corrected chi connectivity index (χ0v) is 18.7. The number of primary amides is 1. The van der Waals surface area contributed by atoms with Gasteiger partial charge in [-0.1, -0.05) is 30.3 Å². The van der Waals surface area contributed by atoms with Crippen molar-refractivity contribution in [2.75, 3.05) is 6.61 Å². The third kappa shape index (κ3) is 10.6. The van der Waals surface area contributed by atoms with E-state index in [4.69, 9.17) is 26.8 Å². The van der Waals surface area contributed by atoms with E-state index in [1.54, 1.807) is 30.3 Å². The van der Waals surface area contributed by atoms with Crippen LogP contribution in [0.2, 0.25) is 0 Å². The molecular formula is C21H29N5O9. The molecule has 1 aromatic carbocycles. The average Bonchev–Trinajstić information content (AvgIpc) is 2.79. The normalized spacial score (nSPS) is 14.0. The first kappa shape index (κ1) is 29.0. The Morgan fingerprint density at radius 2 is 1.37 bits per heavy atom. The van der Waals surface area contributed by atoms with E-state index in [1.807, 2.05) is 5.32 Å². The highest BCUT2D eigenvalue weighted by Crippen LogP contribution is 2.07. The van der Waals surface area contributed by atoms with E-state index in [-0.39, 0.29) is 6.42 Å². The molecule has 0 aromatic heterocycles. The van der Waals surface area contributed by atoms with Crippen molar-refractivity contribution in [3.05, 3.63) is 35.9 Å². The van der Waals surface area contributed by atoms with Crippen LogP contribution in [0.3, 0.4) is 0 Å². The molecule has 0 aliphatic rings. The molecule has 0 aliphatic carbocycles. The SMILES string of the molecule is NC(=O)CC(N)C(=O)NC(Cc1ccccc1)C(=O)NC(CCC(=O)O)C(=O)NC(CO)C(=O)O. The van der Waals surface area contributed by atoms with Gasteiger partial charge in [-0.3, -0.25) is 24.0 Å². The predicted molar refractivity (Wildman–Crippen MR) is 119 cm³/mol. The van der Waals surface area contributed by atoms with E-state index < -0.39 is 85.6 Å². The summed E-state index contributed by atoms with van der Waals surface area (Å²) in [5.74, 6) is -6.45. The van der Waals surface area contributed by atoms with Crippen LogP contribution in [0.5, 0.6) is 0 Å². The van der Waals surface area contributed by atoms with Crippen molar-refractivity contribution < 1.29 is 44.1 Å². The number of rotatable bonds is 15. The number of aliphatic hydroxyl groups is 1. The van der Waals surface area contributed by atoms with E-state index in [0.717, 1.165) is 0 Å². The summed E-state index contributed by atoms with van der Waals surface area (Å²) < 4.78 is 0. The standard InChI is InChI=1S/C21H29N5O9/c22-12(9-16(23)28)18(31)25-14(8-11-4-2-1-3-5-11)20(33)24-13(6-7-17(29)30)19(32)26-15(10-27)21(34)35/h1-5,12-15,27H,6-10,22H2,(H2,23,28)(H,24,33)(H,25,31)(H,26,32)(H,29,30)(H,34,35). The van der Waals surface area contributed by atoms with E-state index in [1.165, 1.54) is 0 Å². The highest BCUT2D eigenvalue weighted by atomic mass is 16.4. The second-order valence-corrected chi connectivity index (χ2v) is 7.60. The summed E-state index contributed by atoms with van der Waals surface area (Å²) in [5.41, 5.74) is 11.3. The zero-order chi connectivity index (χ0) is 26.5. The van der Waals surface area contributed by atoms with Gasteiger partial charge in [0.2, 0.25) is 23.6 Å². The molecule has 14 heteroatoms. The Hall–Kier alpha value is -4.04. The minimum Gasteiger partial charge on any atom is -0.481 e. The summed E-state index contributed by atoms with van der Waals surface area (Å²) in [6.07, 6.45) is -1.48. The number of aliphatic carboxylic acids is 2. The van der Waals surface area contributed by atoms with Crippen molar-refractivity contribution in [3.63, 3.8) is 0 Å². The molecule has 192 valence electrons. The van der Waals surface area contributed by atoms with Gasteiger partial charge >= 0.3 is 11.9 Å². The lowest BCUT2D eigenvalue weighted by atomic mass is 10.0. The summed E-state index contributed by atoms with van der Waals surface area (Å²) in [6.45, 7) is -0.939. The molecular weight excluding hydrogens is 466 g/mol. The summed E-state index contributed by atoms with van der Waals surface area (Å²) in [4.78, 5) is 71.1. The lowest BCUT2D eigenvalue weighted by Gasteiger charge is -2.25. The fourth-order valence-electron chi connectivity index (χ4n) is 2.91. The van der Waals surface area contributed by atoms with E-state index in [9.17, 15) is 28.8 Å². The van der Waals surface area contributed by atoms with Crippen LogP contribution in [0, 0.1) is 0 Å². The number of hydrogen-bond acceptors (Lipinski definition) is 8. The highest BCUT2D eigenvalue weighted by Gasteiger charge is 2.30. The van der Waals surface area contributed by atoms with Gasteiger partial charge in [0.25, 0.3) is 0 Å². The Morgan fingerprint density at radius 1 is 0.829 bits per heavy atom. The Labute approximate surface area is 200 Å². The summed E-state index contributed by atoms with van der Waals surface area (Å²) >= 11 is 0. The van der Waals surface area contributed by atoms with Crippen LogP contribution in [-0.4, -0.2) is 81.7 Å². The molecule has 0 fully saturated rings. The quantitative estimate of drug-likeness (QED) is 0.121. The number of carboxylic acid groups (broad SMARTS) is 2. The van der Waals surface area contributed by atoms with E-state index in [0.29, 0.717) is 5.56 Å². The second kappa shape index (κ2) is 14.3. The molecule has 35 heavy (non-hydrogen) atoms. The van der Waals surface area contributed by atoms with Gasteiger partial charge < -0.3 is 42.7 Å². The summed E-state index contributed by atoms with van der Waals surface area (Å²) in [5, 5.41) is 33.8. The minimum absolute atomic E-state index is 0.0522.